The number of carboxylic acids is 1. The van der Waals surface area contributed by atoms with Crippen LogP contribution < -0.4 is 5.73 Å². The van der Waals surface area contributed by atoms with Crippen molar-refractivity contribution in [1.29, 1.82) is 0 Å². The first-order valence-corrected chi connectivity index (χ1v) is 5.69. The molecule has 2 aromatic rings. The van der Waals surface area contributed by atoms with Gasteiger partial charge >= 0.3 is 5.97 Å². The molecule has 0 aliphatic rings. The van der Waals surface area contributed by atoms with Gasteiger partial charge in [0.15, 0.2) is 0 Å². The van der Waals surface area contributed by atoms with Crippen LogP contribution in [0.25, 0.3) is 5.69 Å². The zero-order valence-corrected chi connectivity index (χ0v) is 10.1. The molecule has 0 spiro atoms. The topological polar surface area (TPSA) is 81.1 Å². The van der Waals surface area contributed by atoms with E-state index in [0.29, 0.717) is 17.9 Å². The Morgan fingerprint density at radius 1 is 1.44 bits per heavy atom. The molecule has 0 bridgehead atoms. The maximum Gasteiger partial charge on any atom is 0.303 e. The fraction of sp³-hybridized carbons (Fsp3) is 0.231. The molecular weight excluding hydrogens is 230 g/mol. The number of carbonyl (C=O) groups is 1. The van der Waals surface area contributed by atoms with Gasteiger partial charge in [-0.05, 0) is 24.6 Å². The number of aromatic nitrogens is 2. The Bertz CT molecular complexity index is 575. The number of nitrogens with zero attached hydrogens (tertiary/aromatic N) is 2. The summed E-state index contributed by atoms with van der Waals surface area (Å²) in [7, 11) is 0. The van der Waals surface area contributed by atoms with Gasteiger partial charge in [0.1, 0.15) is 5.82 Å². The van der Waals surface area contributed by atoms with Gasteiger partial charge in [0.2, 0.25) is 0 Å². The second kappa shape index (κ2) is 4.91. The van der Waals surface area contributed by atoms with Gasteiger partial charge in [-0.2, -0.15) is 5.10 Å². The lowest BCUT2D eigenvalue weighted by molar-refractivity contribution is -0.136. The number of hydrogen-bond donors (Lipinski definition) is 2. The predicted molar refractivity (Wildman–Crippen MR) is 68.7 cm³/mol. The lowest BCUT2D eigenvalue weighted by Crippen LogP contribution is -2.02. The van der Waals surface area contributed by atoms with Crippen molar-refractivity contribution in [2.24, 2.45) is 0 Å². The van der Waals surface area contributed by atoms with Crippen LogP contribution in [-0.4, -0.2) is 20.9 Å². The minimum absolute atomic E-state index is 0.0598. The van der Waals surface area contributed by atoms with Crippen molar-refractivity contribution in [3.63, 3.8) is 0 Å². The predicted octanol–water partition coefficient (Wildman–Crippen LogP) is 1.78. The smallest absolute Gasteiger partial charge is 0.303 e. The summed E-state index contributed by atoms with van der Waals surface area (Å²) in [5.41, 5.74) is 8.58. The number of anilines is 1. The van der Waals surface area contributed by atoms with Crippen LogP contribution in [0.5, 0.6) is 0 Å². The molecule has 0 atom stereocenters. The largest absolute Gasteiger partial charge is 0.481 e. The molecule has 94 valence electrons. The summed E-state index contributed by atoms with van der Waals surface area (Å²) in [4.78, 5) is 10.5. The van der Waals surface area contributed by atoms with E-state index in [4.69, 9.17) is 10.8 Å². The SMILES string of the molecule is Cc1cccc(-n2nc(CCC(=O)O)cc2N)c1. The van der Waals surface area contributed by atoms with Gasteiger partial charge in [-0.3, -0.25) is 4.79 Å². The van der Waals surface area contributed by atoms with E-state index < -0.39 is 5.97 Å². The molecule has 5 nitrogen and oxygen atoms in total. The lowest BCUT2D eigenvalue weighted by Gasteiger charge is -2.04. The maximum absolute atomic E-state index is 10.5. The Balaban J connectivity index is 2.26. The minimum Gasteiger partial charge on any atom is -0.481 e. The maximum atomic E-state index is 10.5. The molecule has 5 heteroatoms. The van der Waals surface area contributed by atoms with Crippen molar-refractivity contribution in [2.45, 2.75) is 19.8 Å². The van der Waals surface area contributed by atoms with Gasteiger partial charge in [0.25, 0.3) is 0 Å². The van der Waals surface area contributed by atoms with Crippen LogP contribution in [0.4, 0.5) is 5.82 Å². The minimum atomic E-state index is -0.835. The van der Waals surface area contributed by atoms with Gasteiger partial charge in [-0.15, -0.1) is 0 Å². The zero-order chi connectivity index (χ0) is 13.1. The lowest BCUT2D eigenvalue weighted by atomic mass is 10.2. The number of aryl methyl sites for hydroxylation is 2. The summed E-state index contributed by atoms with van der Waals surface area (Å²) < 4.78 is 1.63. The van der Waals surface area contributed by atoms with E-state index in [1.807, 2.05) is 31.2 Å². The summed E-state index contributed by atoms with van der Waals surface area (Å²) in [6.07, 6.45) is 0.447. The molecule has 0 saturated carbocycles. The number of carboxylic acid groups (broad SMARTS) is 1. The number of hydrogen-bond acceptors (Lipinski definition) is 3. The standard InChI is InChI=1S/C13H15N3O2/c1-9-3-2-4-11(7-9)16-12(14)8-10(15-16)5-6-13(17)18/h2-4,7-8H,5-6,14H2,1H3,(H,17,18). The van der Waals surface area contributed by atoms with Crippen LogP contribution >= 0.6 is 0 Å². The van der Waals surface area contributed by atoms with Gasteiger partial charge in [0.05, 0.1) is 17.8 Å². The highest BCUT2D eigenvalue weighted by Gasteiger charge is 2.08. The molecule has 0 amide bonds. The van der Waals surface area contributed by atoms with Gasteiger partial charge in [-0.25, -0.2) is 4.68 Å². The Labute approximate surface area is 105 Å². The average molecular weight is 245 g/mol. The molecule has 1 aromatic carbocycles. The van der Waals surface area contributed by atoms with E-state index >= 15 is 0 Å². The van der Waals surface area contributed by atoms with Crippen LogP contribution in [0.1, 0.15) is 17.7 Å². The van der Waals surface area contributed by atoms with Crippen molar-refractivity contribution < 1.29 is 9.90 Å². The van der Waals surface area contributed by atoms with Crippen molar-refractivity contribution >= 4 is 11.8 Å². The van der Waals surface area contributed by atoms with Crippen molar-refractivity contribution in [3.8, 4) is 5.69 Å². The molecule has 1 heterocycles. The Kier molecular flexibility index (Phi) is 3.32. The van der Waals surface area contributed by atoms with E-state index in [2.05, 4.69) is 5.10 Å². The first-order chi connectivity index (χ1) is 8.56. The number of nitrogen functional groups attached to an aromatic ring is 1. The molecule has 3 N–H and O–H groups in total. The van der Waals surface area contributed by atoms with Crippen LogP contribution in [0, 0.1) is 6.92 Å². The van der Waals surface area contributed by atoms with E-state index in [9.17, 15) is 4.79 Å². The second-order valence-corrected chi connectivity index (χ2v) is 4.21. The average Bonchev–Trinajstić information content (AvgIpc) is 2.68. The fourth-order valence-corrected chi connectivity index (χ4v) is 1.77. The third-order valence-corrected chi connectivity index (χ3v) is 2.63. The van der Waals surface area contributed by atoms with E-state index in [1.54, 1.807) is 10.7 Å². The highest BCUT2D eigenvalue weighted by molar-refractivity contribution is 5.67. The Morgan fingerprint density at radius 3 is 2.89 bits per heavy atom. The fourth-order valence-electron chi connectivity index (χ4n) is 1.77. The van der Waals surface area contributed by atoms with E-state index in [0.717, 1.165) is 11.3 Å². The molecule has 0 aliphatic heterocycles. The monoisotopic (exact) mass is 245 g/mol. The molecule has 0 fully saturated rings. The van der Waals surface area contributed by atoms with Crippen molar-refractivity contribution in [2.75, 3.05) is 5.73 Å². The zero-order valence-electron chi connectivity index (χ0n) is 10.1. The number of rotatable bonds is 4. The van der Waals surface area contributed by atoms with Crippen molar-refractivity contribution in [1.82, 2.24) is 9.78 Å². The van der Waals surface area contributed by atoms with E-state index in [1.165, 1.54) is 0 Å². The van der Waals surface area contributed by atoms with E-state index in [-0.39, 0.29) is 6.42 Å². The summed E-state index contributed by atoms with van der Waals surface area (Å²) in [6, 6.07) is 9.53. The molecule has 0 unspecified atom stereocenters. The first kappa shape index (κ1) is 12.2. The van der Waals surface area contributed by atoms with Gasteiger partial charge < -0.3 is 10.8 Å². The normalized spacial score (nSPS) is 10.5. The first-order valence-electron chi connectivity index (χ1n) is 5.69. The van der Waals surface area contributed by atoms with Crippen LogP contribution in [-0.2, 0) is 11.2 Å². The number of benzene rings is 1. The summed E-state index contributed by atoms with van der Waals surface area (Å²) in [5.74, 6) is -0.320. The second-order valence-electron chi connectivity index (χ2n) is 4.21. The Morgan fingerprint density at radius 2 is 2.22 bits per heavy atom. The molecule has 2 rings (SSSR count). The molecule has 0 saturated heterocycles. The molecule has 1 aromatic heterocycles. The third-order valence-electron chi connectivity index (χ3n) is 2.63. The molecular formula is C13H15N3O2. The van der Waals surface area contributed by atoms with Crippen LogP contribution in [0.2, 0.25) is 0 Å². The molecule has 0 aliphatic carbocycles. The van der Waals surface area contributed by atoms with Gasteiger partial charge in [0, 0.05) is 12.5 Å². The Hall–Kier alpha value is -2.30. The van der Waals surface area contributed by atoms with Crippen LogP contribution in [0.15, 0.2) is 30.3 Å². The van der Waals surface area contributed by atoms with Gasteiger partial charge in [-0.1, -0.05) is 12.1 Å². The number of nitrogens with two attached hydrogens (primary N) is 1. The third kappa shape index (κ3) is 2.68. The highest BCUT2D eigenvalue weighted by Crippen LogP contribution is 2.16. The molecule has 18 heavy (non-hydrogen) atoms. The quantitative estimate of drug-likeness (QED) is 0.860. The summed E-state index contributed by atoms with van der Waals surface area (Å²) in [5, 5.41) is 13.0. The summed E-state index contributed by atoms with van der Waals surface area (Å²) in [6.45, 7) is 1.99. The van der Waals surface area contributed by atoms with Crippen molar-refractivity contribution in [3.05, 3.63) is 41.6 Å². The van der Waals surface area contributed by atoms with Crippen LogP contribution in [0.3, 0.4) is 0 Å². The molecule has 0 radical (unpaired) electrons. The number of aliphatic carboxylic acids is 1. The highest BCUT2D eigenvalue weighted by atomic mass is 16.4. The summed E-state index contributed by atoms with van der Waals surface area (Å²) >= 11 is 0.